The van der Waals surface area contributed by atoms with Gasteiger partial charge in [0.2, 0.25) is 0 Å². The van der Waals surface area contributed by atoms with Crippen LogP contribution in [0.25, 0.3) is 11.6 Å². The predicted octanol–water partition coefficient (Wildman–Crippen LogP) is 4.38. The fourth-order valence-electron chi connectivity index (χ4n) is 3.32. The Hall–Kier alpha value is -4.32. The summed E-state index contributed by atoms with van der Waals surface area (Å²) in [5.74, 6) is -0.693. The molecule has 1 N–H and O–H groups in total. The number of hydrogen-bond acceptors (Lipinski definition) is 4. The molecule has 4 rings (SSSR count). The van der Waals surface area contributed by atoms with E-state index in [1.807, 2.05) is 24.3 Å². The van der Waals surface area contributed by atoms with Crippen LogP contribution in [0.2, 0.25) is 0 Å². The van der Waals surface area contributed by atoms with Crippen molar-refractivity contribution < 1.29 is 23.5 Å². The molecule has 6 heteroatoms. The van der Waals surface area contributed by atoms with Crippen LogP contribution in [-0.2, 0) is 16.0 Å². The third-order valence-electron chi connectivity index (χ3n) is 5.12. The summed E-state index contributed by atoms with van der Waals surface area (Å²) in [6.45, 7) is 0.471. The SMILES string of the molecule is O=C1C=C(c2ccc(OCCc3ccc(C=CC(=O)c4ccc(F)cc4)cc3)cc2)C(=O)N1. The lowest BCUT2D eigenvalue weighted by Gasteiger charge is -2.08. The molecular weight excluding hydrogens is 421 g/mol. The van der Waals surface area contributed by atoms with Gasteiger partial charge >= 0.3 is 0 Å². The second kappa shape index (κ2) is 9.87. The number of ketones is 1. The number of amides is 2. The van der Waals surface area contributed by atoms with Crippen LogP contribution < -0.4 is 10.1 Å². The molecule has 33 heavy (non-hydrogen) atoms. The van der Waals surface area contributed by atoms with Crippen molar-refractivity contribution in [1.82, 2.24) is 5.32 Å². The lowest BCUT2D eigenvalue weighted by molar-refractivity contribution is -0.123. The highest BCUT2D eigenvalue weighted by atomic mass is 19.1. The Labute approximate surface area is 190 Å². The molecule has 164 valence electrons. The smallest absolute Gasteiger partial charge is 0.258 e. The van der Waals surface area contributed by atoms with E-state index in [0.717, 1.165) is 11.1 Å². The third-order valence-corrected chi connectivity index (χ3v) is 5.12. The van der Waals surface area contributed by atoms with Gasteiger partial charge in [0, 0.05) is 18.1 Å². The van der Waals surface area contributed by atoms with Crippen molar-refractivity contribution in [1.29, 1.82) is 0 Å². The van der Waals surface area contributed by atoms with Gasteiger partial charge in [0.05, 0.1) is 12.2 Å². The average Bonchev–Trinajstić information content (AvgIpc) is 3.17. The van der Waals surface area contributed by atoms with E-state index in [1.54, 1.807) is 30.3 Å². The molecule has 1 aliphatic heterocycles. The molecular formula is C27H20FNO4. The van der Waals surface area contributed by atoms with Crippen molar-refractivity contribution in [3.63, 3.8) is 0 Å². The fourth-order valence-corrected chi connectivity index (χ4v) is 3.32. The van der Waals surface area contributed by atoms with Crippen LogP contribution in [0.5, 0.6) is 5.75 Å². The maximum Gasteiger partial charge on any atom is 0.258 e. The summed E-state index contributed by atoms with van der Waals surface area (Å²) in [5, 5.41) is 2.22. The molecule has 5 nitrogen and oxygen atoms in total. The number of nitrogens with one attached hydrogen (secondary N) is 1. The van der Waals surface area contributed by atoms with Crippen molar-refractivity contribution in [3.05, 3.63) is 113 Å². The van der Waals surface area contributed by atoms with Gasteiger partial charge in [0.25, 0.3) is 11.8 Å². The van der Waals surface area contributed by atoms with Gasteiger partial charge in [-0.2, -0.15) is 0 Å². The van der Waals surface area contributed by atoms with Gasteiger partial charge in [-0.3, -0.25) is 19.7 Å². The zero-order chi connectivity index (χ0) is 23.2. The Morgan fingerprint density at radius 1 is 0.909 bits per heavy atom. The number of hydrogen-bond donors (Lipinski definition) is 1. The zero-order valence-corrected chi connectivity index (χ0v) is 17.6. The van der Waals surface area contributed by atoms with Crippen LogP contribution >= 0.6 is 0 Å². The molecule has 3 aromatic rings. The van der Waals surface area contributed by atoms with Crippen molar-refractivity contribution >= 4 is 29.2 Å². The number of allylic oxidation sites excluding steroid dienone is 1. The molecule has 0 fully saturated rings. The predicted molar refractivity (Wildman–Crippen MR) is 123 cm³/mol. The van der Waals surface area contributed by atoms with E-state index < -0.39 is 11.8 Å². The van der Waals surface area contributed by atoms with Crippen molar-refractivity contribution in [2.24, 2.45) is 0 Å². The minimum Gasteiger partial charge on any atom is -0.493 e. The number of ether oxygens (including phenoxy) is 1. The molecule has 0 saturated heterocycles. The maximum atomic E-state index is 13.0. The Morgan fingerprint density at radius 2 is 1.61 bits per heavy atom. The van der Waals surface area contributed by atoms with E-state index in [9.17, 15) is 18.8 Å². The van der Waals surface area contributed by atoms with Gasteiger partial charge in [-0.15, -0.1) is 0 Å². The van der Waals surface area contributed by atoms with Crippen LogP contribution in [0, 0.1) is 5.82 Å². The Morgan fingerprint density at radius 3 is 2.24 bits per heavy atom. The molecule has 0 aromatic heterocycles. The molecule has 0 spiro atoms. The van der Waals surface area contributed by atoms with Crippen LogP contribution in [0.3, 0.4) is 0 Å². The first-order chi connectivity index (χ1) is 16.0. The molecule has 1 aliphatic rings. The minimum atomic E-state index is -0.406. The summed E-state index contributed by atoms with van der Waals surface area (Å²) in [7, 11) is 0. The summed E-state index contributed by atoms with van der Waals surface area (Å²) in [5.41, 5.74) is 3.41. The normalized spacial score (nSPS) is 13.2. The zero-order valence-electron chi connectivity index (χ0n) is 17.6. The third kappa shape index (κ3) is 5.68. The van der Waals surface area contributed by atoms with E-state index in [2.05, 4.69) is 5.32 Å². The van der Waals surface area contributed by atoms with Gasteiger partial charge < -0.3 is 4.74 Å². The molecule has 3 aromatic carbocycles. The largest absolute Gasteiger partial charge is 0.493 e. The Bertz CT molecular complexity index is 1240. The Balaban J connectivity index is 1.27. The van der Waals surface area contributed by atoms with E-state index in [4.69, 9.17) is 4.74 Å². The van der Waals surface area contributed by atoms with Gasteiger partial charge in [-0.1, -0.05) is 42.5 Å². The minimum absolute atomic E-state index is 0.185. The lowest BCUT2D eigenvalue weighted by Crippen LogP contribution is -2.21. The van der Waals surface area contributed by atoms with Gasteiger partial charge in [-0.25, -0.2) is 4.39 Å². The summed E-state index contributed by atoms with van der Waals surface area (Å²) >= 11 is 0. The highest BCUT2D eigenvalue weighted by Crippen LogP contribution is 2.21. The number of rotatable bonds is 8. The molecule has 0 aliphatic carbocycles. The second-order valence-corrected chi connectivity index (χ2v) is 7.45. The number of benzene rings is 3. The van der Waals surface area contributed by atoms with Crippen molar-refractivity contribution in [2.45, 2.75) is 6.42 Å². The molecule has 0 atom stereocenters. The standard InChI is InChI=1S/C27H20FNO4/c28-22-10-6-21(7-11-22)25(30)14-5-18-1-3-19(4-2-18)15-16-33-23-12-8-20(9-13-23)24-17-26(31)29-27(24)32/h1-14,17H,15-16H2,(H,29,31,32). The summed E-state index contributed by atoms with van der Waals surface area (Å²) in [4.78, 5) is 35.1. The fraction of sp³-hybridized carbons (Fsp3) is 0.0741. The highest BCUT2D eigenvalue weighted by molar-refractivity contribution is 6.33. The molecule has 2 amide bonds. The van der Waals surface area contributed by atoms with Crippen LogP contribution in [0.1, 0.15) is 27.0 Å². The van der Waals surface area contributed by atoms with Gasteiger partial charge in [0.15, 0.2) is 5.78 Å². The summed E-state index contributed by atoms with van der Waals surface area (Å²) in [6, 6.07) is 20.2. The first-order valence-electron chi connectivity index (χ1n) is 10.3. The summed E-state index contributed by atoms with van der Waals surface area (Å²) in [6.07, 6.45) is 5.18. The second-order valence-electron chi connectivity index (χ2n) is 7.45. The van der Waals surface area contributed by atoms with E-state index in [-0.39, 0.29) is 11.6 Å². The topological polar surface area (TPSA) is 72.5 Å². The molecule has 0 radical (unpaired) electrons. The number of imide groups is 1. The van der Waals surface area contributed by atoms with Gasteiger partial charge in [0.1, 0.15) is 11.6 Å². The van der Waals surface area contributed by atoms with E-state index in [0.29, 0.717) is 35.5 Å². The van der Waals surface area contributed by atoms with E-state index in [1.165, 1.54) is 36.4 Å². The van der Waals surface area contributed by atoms with Crippen molar-refractivity contribution in [3.8, 4) is 5.75 Å². The maximum absolute atomic E-state index is 13.0. The average molecular weight is 441 g/mol. The summed E-state index contributed by atoms with van der Waals surface area (Å²) < 4.78 is 18.7. The first-order valence-corrected chi connectivity index (χ1v) is 10.3. The number of carbonyl (C=O) groups excluding carboxylic acids is 3. The van der Waals surface area contributed by atoms with E-state index >= 15 is 0 Å². The monoisotopic (exact) mass is 441 g/mol. The molecule has 0 unspecified atom stereocenters. The number of carbonyl (C=O) groups is 3. The van der Waals surface area contributed by atoms with Crippen molar-refractivity contribution in [2.75, 3.05) is 6.61 Å². The highest BCUT2D eigenvalue weighted by Gasteiger charge is 2.21. The number of halogens is 1. The van der Waals surface area contributed by atoms with Crippen LogP contribution in [0.15, 0.2) is 84.9 Å². The van der Waals surface area contributed by atoms with Crippen LogP contribution in [-0.4, -0.2) is 24.2 Å². The lowest BCUT2D eigenvalue weighted by atomic mass is 10.1. The Kier molecular flexibility index (Phi) is 6.55. The molecule has 0 bridgehead atoms. The molecule has 0 saturated carbocycles. The first kappa shape index (κ1) is 21.9. The molecule has 1 heterocycles. The van der Waals surface area contributed by atoms with Gasteiger partial charge in [-0.05, 0) is 59.2 Å². The van der Waals surface area contributed by atoms with Crippen LogP contribution in [0.4, 0.5) is 4.39 Å². The quantitative estimate of drug-likeness (QED) is 0.320.